The lowest BCUT2D eigenvalue weighted by molar-refractivity contribution is 0.0557. The summed E-state index contributed by atoms with van der Waals surface area (Å²) in [5.74, 6) is 0.816. The maximum atomic E-state index is 13.1. The van der Waals surface area contributed by atoms with Crippen molar-refractivity contribution in [3.8, 4) is 0 Å². The summed E-state index contributed by atoms with van der Waals surface area (Å²) in [6, 6.07) is 0. The third-order valence-electron chi connectivity index (χ3n) is 4.63. The van der Waals surface area contributed by atoms with E-state index in [1.165, 1.54) is 12.4 Å². The summed E-state index contributed by atoms with van der Waals surface area (Å²) in [7, 11) is 3.86. The second-order valence-corrected chi connectivity index (χ2v) is 6.58. The van der Waals surface area contributed by atoms with Crippen molar-refractivity contribution in [1.82, 2.24) is 19.9 Å². The lowest BCUT2D eigenvalue weighted by Crippen LogP contribution is -2.41. The van der Waals surface area contributed by atoms with Gasteiger partial charge in [-0.3, -0.25) is 0 Å². The van der Waals surface area contributed by atoms with E-state index in [1.54, 1.807) is 0 Å². The molecule has 0 aliphatic carbocycles. The first-order valence-corrected chi connectivity index (χ1v) is 7.91. The van der Waals surface area contributed by atoms with E-state index in [2.05, 4.69) is 19.9 Å². The summed E-state index contributed by atoms with van der Waals surface area (Å²) in [6.07, 6.45) is 5.15. The van der Waals surface area contributed by atoms with Crippen molar-refractivity contribution in [1.29, 1.82) is 0 Å². The molecule has 24 heavy (non-hydrogen) atoms. The highest BCUT2D eigenvalue weighted by molar-refractivity contribution is 5.42. The van der Waals surface area contributed by atoms with Crippen LogP contribution in [0.3, 0.4) is 0 Å². The van der Waals surface area contributed by atoms with Crippen LogP contribution in [0.25, 0.3) is 0 Å². The van der Waals surface area contributed by atoms with Crippen LogP contribution in [0.2, 0.25) is 0 Å². The van der Waals surface area contributed by atoms with Crippen molar-refractivity contribution in [3.63, 3.8) is 0 Å². The molecule has 1 fully saturated rings. The van der Waals surface area contributed by atoms with Crippen molar-refractivity contribution in [2.45, 2.75) is 18.4 Å². The molecule has 1 unspecified atom stereocenters. The molecular formula is C16H19FN6O. The average Bonchev–Trinajstić information content (AvgIpc) is 3.00. The van der Waals surface area contributed by atoms with Crippen LogP contribution >= 0.6 is 0 Å². The third-order valence-corrected chi connectivity index (χ3v) is 4.63. The minimum Gasteiger partial charge on any atom is -0.376 e. The molecule has 2 aliphatic heterocycles. The predicted octanol–water partition coefficient (Wildman–Crippen LogP) is 1.15. The van der Waals surface area contributed by atoms with E-state index in [1.807, 2.05) is 25.2 Å². The maximum absolute atomic E-state index is 13.1. The molecule has 0 amide bonds. The summed E-state index contributed by atoms with van der Waals surface area (Å²) in [5, 5.41) is 0. The normalized spacial score (nSPS) is 22.7. The van der Waals surface area contributed by atoms with Crippen molar-refractivity contribution < 1.29 is 9.13 Å². The van der Waals surface area contributed by atoms with E-state index in [0.29, 0.717) is 31.7 Å². The number of halogens is 1. The molecule has 126 valence electrons. The van der Waals surface area contributed by atoms with Crippen LogP contribution < -0.4 is 9.80 Å². The highest BCUT2D eigenvalue weighted by atomic mass is 19.1. The van der Waals surface area contributed by atoms with Gasteiger partial charge in [-0.1, -0.05) is 0 Å². The fourth-order valence-electron chi connectivity index (χ4n) is 3.43. The van der Waals surface area contributed by atoms with Gasteiger partial charge in [-0.05, 0) is 6.42 Å². The Morgan fingerprint density at radius 1 is 1.21 bits per heavy atom. The summed E-state index contributed by atoms with van der Waals surface area (Å²) in [6.45, 7) is 2.64. The summed E-state index contributed by atoms with van der Waals surface area (Å²) >= 11 is 0. The smallest absolute Gasteiger partial charge is 0.225 e. The molecule has 2 aromatic rings. The molecule has 4 rings (SSSR count). The van der Waals surface area contributed by atoms with Crippen LogP contribution in [0.1, 0.15) is 17.7 Å². The number of hydrogen-bond acceptors (Lipinski definition) is 7. The monoisotopic (exact) mass is 330 g/mol. The van der Waals surface area contributed by atoms with Crippen LogP contribution in [0.15, 0.2) is 18.6 Å². The molecule has 0 radical (unpaired) electrons. The molecule has 2 aromatic heterocycles. The molecule has 7 nitrogen and oxygen atoms in total. The van der Waals surface area contributed by atoms with Gasteiger partial charge in [0, 0.05) is 38.9 Å². The minimum atomic E-state index is -0.428. The lowest BCUT2D eigenvalue weighted by atomic mass is 9.80. The Bertz CT molecular complexity index is 753. The van der Waals surface area contributed by atoms with Crippen molar-refractivity contribution in [2.24, 2.45) is 0 Å². The second-order valence-electron chi connectivity index (χ2n) is 6.58. The topological polar surface area (TPSA) is 67.3 Å². The second kappa shape index (κ2) is 5.62. The summed E-state index contributed by atoms with van der Waals surface area (Å²) in [4.78, 5) is 21.3. The zero-order valence-electron chi connectivity index (χ0n) is 13.7. The van der Waals surface area contributed by atoms with Crippen LogP contribution in [-0.4, -0.2) is 53.7 Å². The number of rotatable bonds is 2. The van der Waals surface area contributed by atoms with Crippen molar-refractivity contribution in [2.75, 3.05) is 43.6 Å². The van der Waals surface area contributed by atoms with Gasteiger partial charge in [0.15, 0.2) is 5.82 Å². The Hall–Kier alpha value is -2.35. The standard InChI is InChI=1S/C16H19FN6O/c1-22(2)15-18-5-11-8-24-10-16(13(11)21-15)3-4-23(9-16)14-19-6-12(17)7-20-14/h5-7H,3-4,8-10H2,1-2H3. The molecule has 4 heterocycles. The molecule has 0 N–H and O–H groups in total. The Morgan fingerprint density at radius 3 is 2.75 bits per heavy atom. The quantitative estimate of drug-likeness (QED) is 0.818. The number of hydrogen-bond donors (Lipinski definition) is 0. The Kier molecular flexibility index (Phi) is 3.56. The fourth-order valence-corrected chi connectivity index (χ4v) is 3.43. The zero-order chi connectivity index (χ0) is 16.7. The first-order valence-electron chi connectivity index (χ1n) is 7.91. The number of fused-ring (bicyclic) bond motifs is 2. The highest BCUT2D eigenvalue weighted by Crippen LogP contribution is 2.40. The van der Waals surface area contributed by atoms with Gasteiger partial charge in [0.25, 0.3) is 0 Å². The minimum absolute atomic E-state index is 0.195. The lowest BCUT2D eigenvalue weighted by Gasteiger charge is -2.34. The Balaban J connectivity index is 1.68. The fraction of sp³-hybridized carbons (Fsp3) is 0.500. The van der Waals surface area contributed by atoms with Crippen LogP contribution in [0.5, 0.6) is 0 Å². The van der Waals surface area contributed by atoms with E-state index in [4.69, 9.17) is 9.72 Å². The molecule has 0 saturated carbocycles. The molecule has 1 saturated heterocycles. The SMILES string of the molecule is CN(C)c1ncc2c(n1)C1(CCN(c3ncc(F)cn3)C1)COC2. The van der Waals surface area contributed by atoms with Gasteiger partial charge in [0.05, 0.1) is 36.7 Å². The number of anilines is 2. The van der Waals surface area contributed by atoms with Crippen LogP contribution in [0, 0.1) is 5.82 Å². The molecular weight excluding hydrogens is 311 g/mol. The first-order chi connectivity index (χ1) is 11.6. The number of aromatic nitrogens is 4. The van der Waals surface area contributed by atoms with Gasteiger partial charge in [0.1, 0.15) is 0 Å². The van der Waals surface area contributed by atoms with Crippen molar-refractivity contribution in [3.05, 3.63) is 35.7 Å². The summed E-state index contributed by atoms with van der Waals surface area (Å²) in [5.41, 5.74) is 1.89. The van der Waals surface area contributed by atoms with Gasteiger partial charge in [-0.2, -0.15) is 0 Å². The zero-order valence-corrected chi connectivity index (χ0v) is 13.7. The average molecular weight is 330 g/mol. The van der Waals surface area contributed by atoms with Crippen LogP contribution in [0.4, 0.5) is 16.3 Å². The van der Waals surface area contributed by atoms with E-state index in [9.17, 15) is 4.39 Å². The molecule has 0 bridgehead atoms. The number of ether oxygens (including phenoxy) is 1. The summed E-state index contributed by atoms with van der Waals surface area (Å²) < 4.78 is 18.9. The van der Waals surface area contributed by atoms with Gasteiger partial charge in [-0.25, -0.2) is 24.3 Å². The van der Waals surface area contributed by atoms with E-state index in [0.717, 1.165) is 24.2 Å². The van der Waals surface area contributed by atoms with Crippen molar-refractivity contribution >= 4 is 11.9 Å². The Morgan fingerprint density at radius 2 is 2.00 bits per heavy atom. The van der Waals surface area contributed by atoms with Gasteiger partial charge < -0.3 is 14.5 Å². The van der Waals surface area contributed by atoms with E-state index in [-0.39, 0.29) is 5.41 Å². The van der Waals surface area contributed by atoms with Gasteiger partial charge >= 0.3 is 0 Å². The van der Waals surface area contributed by atoms with Gasteiger partial charge in [0.2, 0.25) is 11.9 Å². The highest BCUT2D eigenvalue weighted by Gasteiger charge is 2.45. The van der Waals surface area contributed by atoms with Crippen LogP contribution in [-0.2, 0) is 16.8 Å². The number of nitrogens with zero attached hydrogens (tertiary/aromatic N) is 6. The maximum Gasteiger partial charge on any atom is 0.225 e. The van der Waals surface area contributed by atoms with E-state index >= 15 is 0 Å². The largest absolute Gasteiger partial charge is 0.376 e. The molecule has 1 spiro atoms. The molecule has 8 heteroatoms. The van der Waals surface area contributed by atoms with Gasteiger partial charge in [-0.15, -0.1) is 0 Å². The Labute approximate surface area is 139 Å². The third kappa shape index (κ3) is 2.47. The molecule has 0 aromatic carbocycles. The first kappa shape index (κ1) is 15.2. The predicted molar refractivity (Wildman–Crippen MR) is 86.5 cm³/mol. The van der Waals surface area contributed by atoms with E-state index < -0.39 is 5.82 Å². The molecule has 2 aliphatic rings. The molecule has 1 atom stereocenters.